The van der Waals surface area contributed by atoms with E-state index in [9.17, 15) is 0 Å². The molecule has 6 aliphatic rings. The smallest absolute Gasteiger partial charge is 0.0517 e. The van der Waals surface area contributed by atoms with Gasteiger partial charge in [-0.2, -0.15) is 0 Å². The van der Waals surface area contributed by atoms with Crippen LogP contribution in [0.2, 0.25) is 0 Å². The van der Waals surface area contributed by atoms with Crippen LogP contribution in [0.4, 0.5) is 34.1 Å². The zero-order valence-corrected chi connectivity index (χ0v) is 60.8. The molecule has 0 amide bonds. The van der Waals surface area contributed by atoms with Crippen molar-refractivity contribution < 1.29 is 0 Å². The van der Waals surface area contributed by atoms with Gasteiger partial charge >= 0.3 is 0 Å². The molecule has 0 N–H and O–H groups in total. The van der Waals surface area contributed by atoms with Crippen molar-refractivity contribution >= 4 is 66.4 Å². The molecule has 97 heavy (non-hydrogen) atoms. The monoisotopic (exact) mass is 1270 g/mol. The highest BCUT2D eigenvalue weighted by molar-refractivity contribution is 6.32. The van der Waals surface area contributed by atoms with Crippen LogP contribution in [0.15, 0.2) is 194 Å². The summed E-state index contributed by atoms with van der Waals surface area (Å²) in [6, 6.07) is 78.4. The first kappa shape index (κ1) is 62.4. The van der Waals surface area contributed by atoms with Crippen molar-refractivity contribution in [2.24, 2.45) is 0 Å². The second-order valence-corrected chi connectivity index (χ2v) is 35.4. The second-order valence-electron chi connectivity index (χ2n) is 35.4. The number of fused-ring (bicyclic) bond motifs is 9. The third-order valence-electron chi connectivity index (χ3n) is 27.2. The summed E-state index contributed by atoms with van der Waals surface area (Å²) in [6.45, 7) is 36.6. The summed E-state index contributed by atoms with van der Waals surface area (Å²) in [5.41, 5.74) is 26.9. The molecule has 3 aliphatic carbocycles. The van der Waals surface area contributed by atoms with Crippen LogP contribution in [0.5, 0.6) is 0 Å². The summed E-state index contributed by atoms with van der Waals surface area (Å²) >= 11 is 0. The van der Waals surface area contributed by atoms with Gasteiger partial charge in [0.25, 0.3) is 0 Å². The fourth-order valence-electron chi connectivity index (χ4n) is 20.8. The fourth-order valence-corrected chi connectivity index (χ4v) is 20.8. The Hall–Kier alpha value is -8.14. The minimum Gasteiger partial charge on any atom is -0.334 e. The summed E-state index contributed by atoms with van der Waals surface area (Å²) < 4.78 is 0. The van der Waals surface area contributed by atoms with E-state index in [1.165, 1.54) is 202 Å². The standard InChI is InChI=1S/C94H101N3/c1-86(2,3)64-30-36-67(37-31-64)95-81-46-27-61(55-78(81)89(10)49-19-22-52-92(89,95)13)75-58-74(60-25-17-16-18-26-60)70-42-43-72-76(62-28-47-82-79(56-62)90(11)50-20-23-53-93(90,14)96(82)68-38-32-65(33-39-68)87(4,5)6)59-77(73-45-44-71(75)84(70)85(72)73)63-29-48-83-80(57-63)91(12)51-21-24-54-94(91,15)97(83)69-40-34-66(35-41-69)88(7,8)9/h16-18,25-48,55-59H,19-24,49-54H2,1-15H3. The van der Waals surface area contributed by atoms with E-state index >= 15 is 0 Å². The van der Waals surface area contributed by atoms with Gasteiger partial charge in [-0.15, -0.1) is 0 Å². The molecule has 0 saturated heterocycles. The van der Waals surface area contributed by atoms with Gasteiger partial charge in [-0.3, -0.25) is 0 Å². The quantitative estimate of drug-likeness (QED) is 0.147. The fraction of sp³-hybridized carbons (Fsp3) is 0.383. The molecule has 492 valence electrons. The summed E-state index contributed by atoms with van der Waals surface area (Å²) in [7, 11) is 0. The van der Waals surface area contributed by atoms with E-state index in [0.29, 0.717) is 0 Å². The largest absolute Gasteiger partial charge is 0.334 e. The van der Waals surface area contributed by atoms with Crippen molar-refractivity contribution in [3.63, 3.8) is 0 Å². The third-order valence-corrected chi connectivity index (χ3v) is 27.2. The van der Waals surface area contributed by atoms with E-state index in [-0.39, 0.29) is 49.1 Å². The maximum Gasteiger partial charge on any atom is 0.0517 e. The molecule has 11 aromatic rings. The van der Waals surface area contributed by atoms with E-state index in [4.69, 9.17) is 0 Å². The van der Waals surface area contributed by atoms with E-state index < -0.39 is 0 Å². The van der Waals surface area contributed by atoms with Crippen molar-refractivity contribution in [2.45, 2.75) is 230 Å². The van der Waals surface area contributed by atoms with Crippen LogP contribution in [0.3, 0.4) is 0 Å². The first-order valence-corrected chi connectivity index (χ1v) is 37.2. The lowest BCUT2D eigenvalue weighted by molar-refractivity contribution is 0.195. The first-order chi connectivity index (χ1) is 46.2. The van der Waals surface area contributed by atoms with Crippen LogP contribution in [0.25, 0.3) is 76.8 Å². The van der Waals surface area contributed by atoms with Gasteiger partial charge in [-0.1, -0.05) is 231 Å². The minimum atomic E-state index is -0.0786. The number of anilines is 6. The molecule has 3 heteroatoms. The summed E-state index contributed by atoms with van der Waals surface area (Å²) in [4.78, 5) is 8.29. The molecule has 3 nitrogen and oxygen atoms in total. The maximum absolute atomic E-state index is 2.77. The van der Waals surface area contributed by atoms with Gasteiger partial charge in [-0.05, 0) is 271 Å². The minimum absolute atomic E-state index is 0.0407. The Balaban J connectivity index is 0.914. The van der Waals surface area contributed by atoms with Gasteiger partial charge in [0.05, 0.1) is 16.6 Å². The van der Waals surface area contributed by atoms with E-state index in [0.717, 1.165) is 19.3 Å². The van der Waals surface area contributed by atoms with Crippen LogP contribution in [0, 0.1) is 0 Å². The Morgan fingerprint density at radius 3 is 0.814 bits per heavy atom. The highest BCUT2D eigenvalue weighted by Gasteiger charge is 2.60. The molecule has 11 aromatic carbocycles. The van der Waals surface area contributed by atoms with Crippen molar-refractivity contribution in [1.82, 2.24) is 0 Å². The number of hydrogen-bond acceptors (Lipinski definition) is 3. The van der Waals surface area contributed by atoms with Gasteiger partial charge < -0.3 is 14.7 Å². The van der Waals surface area contributed by atoms with Gasteiger partial charge in [0.15, 0.2) is 0 Å². The van der Waals surface area contributed by atoms with E-state index in [1.807, 2.05) is 0 Å². The number of nitrogens with zero attached hydrogens (tertiary/aromatic N) is 3. The molecule has 6 atom stereocenters. The van der Waals surface area contributed by atoms with E-state index in [2.05, 4.69) is 313 Å². The first-order valence-electron chi connectivity index (χ1n) is 37.2. The van der Waals surface area contributed by atoms with Crippen LogP contribution in [0.1, 0.15) is 214 Å². The number of benzene rings is 11. The third kappa shape index (κ3) is 8.83. The van der Waals surface area contributed by atoms with Crippen LogP contribution < -0.4 is 14.7 Å². The summed E-state index contributed by atoms with van der Waals surface area (Å²) in [5.74, 6) is 0. The lowest BCUT2D eigenvalue weighted by atomic mass is 9.61. The Labute approximate surface area is 579 Å². The lowest BCUT2D eigenvalue weighted by Crippen LogP contribution is -2.54. The highest BCUT2D eigenvalue weighted by atomic mass is 15.3. The zero-order chi connectivity index (χ0) is 67.4. The molecule has 3 fully saturated rings. The van der Waals surface area contributed by atoms with E-state index in [1.54, 1.807) is 0 Å². The molecule has 0 bridgehead atoms. The molecule has 17 rings (SSSR count). The maximum atomic E-state index is 2.77. The van der Waals surface area contributed by atoms with Crippen LogP contribution >= 0.6 is 0 Å². The summed E-state index contributed by atoms with van der Waals surface area (Å²) in [5, 5.41) is 8.00. The molecule has 0 aromatic heterocycles. The Bertz CT molecular complexity index is 4810. The lowest BCUT2D eigenvalue weighted by Gasteiger charge is -2.50. The number of rotatable bonds is 7. The van der Waals surface area contributed by atoms with Crippen LogP contribution in [-0.2, 0) is 32.5 Å². The predicted molar refractivity (Wildman–Crippen MR) is 416 cm³/mol. The number of hydrogen-bond donors (Lipinski definition) is 0. The highest BCUT2D eigenvalue weighted by Crippen LogP contribution is 2.66. The molecule has 3 aliphatic heterocycles. The zero-order valence-electron chi connectivity index (χ0n) is 60.8. The molecule has 3 saturated carbocycles. The molecule has 6 unspecified atom stereocenters. The molecular weight excluding hydrogens is 1170 g/mol. The molecular formula is C94H101N3. The SMILES string of the molecule is CC(C)(C)c1ccc(N2c3ccc(-c4cc(-c5ccccc5)c5ccc6c(-c7ccc8c(c7)C7(C)CCCCC7(C)N8c7ccc(C(C)(C)C)cc7)cc(-c7ccc8c(c7)C7(C)CCCCC7(C)N8c7ccc(C(C)(C)C)cc7)c7ccc4c5c67)cc3C3(C)CCCCC23C)cc1. The van der Waals surface area contributed by atoms with Crippen LogP contribution in [-0.4, -0.2) is 16.6 Å². The van der Waals surface area contributed by atoms with Crippen molar-refractivity contribution in [3.8, 4) is 44.5 Å². The molecule has 0 spiro atoms. The van der Waals surface area contributed by atoms with Gasteiger partial charge in [0.1, 0.15) is 0 Å². The Morgan fingerprint density at radius 1 is 0.268 bits per heavy atom. The Kier molecular flexibility index (Phi) is 13.6. The topological polar surface area (TPSA) is 9.72 Å². The Morgan fingerprint density at radius 2 is 0.536 bits per heavy atom. The van der Waals surface area contributed by atoms with Crippen molar-refractivity contribution in [3.05, 3.63) is 228 Å². The van der Waals surface area contributed by atoms with Crippen molar-refractivity contribution in [1.29, 1.82) is 0 Å². The van der Waals surface area contributed by atoms with Gasteiger partial charge in [0, 0.05) is 50.4 Å². The average molecular weight is 1270 g/mol. The molecule has 3 heterocycles. The van der Waals surface area contributed by atoms with Gasteiger partial charge in [-0.25, -0.2) is 0 Å². The predicted octanol–water partition coefficient (Wildman–Crippen LogP) is 26.4. The van der Waals surface area contributed by atoms with Gasteiger partial charge in [0.2, 0.25) is 0 Å². The molecule has 0 radical (unpaired) electrons. The summed E-state index contributed by atoms with van der Waals surface area (Å²) in [6.07, 6.45) is 14.4. The van der Waals surface area contributed by atoms with Crippen molar-refractivity contribution in [2.75, 3.05) is 14.7 Å². The normalized spacial score (nSPS) is 25.4. The average Bonchev–Trinajstić information content (AvgIpc) is 1.67. The second kappa shape index (κ2) is 21.2.